The number of hydrogen-bond donors (Lipinski definition) is 3. The van der Waals surface area contributed by atoms with Crippen LogP contribution in [0.3, 0.4) is 0 Å². The van der Waals surface area contributed by atoms with Crippen LogP contribution in [0.1, 0.15) is 6.92 Å². The number of nitrogens with zero attached hydrogens (tertiary/aromatic N) is 2. The number of aromatic nitrogens is 2. The van der Waals surface area contributed by atoms with Crippen molar-refractivity contribution in [2.75, 3.05) is 28.8 Å². The molecule has 0 saturated heterocycles. The second-order valence-corrected chi connectivity index (χ2v) is 5.57. The molecule has 0 aromatic carbocycles. The SMILES string of the molecule is CCS(=O)(=O)CCNc1cncc(NN)n1. The lowest BCUT2D eigenvalue weighted by atomic mass is 10.6. The summed E-state index contributed by atoms with van der Waals surface area (Å²) in [6, 6.07) is 0. The van der Waals surface area contributed by atoms with Crippen molar-refractivity contribution in [3.05, 3.63) is 12.4 Å². The molecule has 0 fully saturated rings. The molecule has 16 heavy (non-hydrogen) atoms. The predicted molar refractivity (Wildman–Crippen MR) is 62.7 cm³/mol. The molecule has 0 bridgehead atoms. The molecule has 0 spiro atoms. The summed E-state index contributed by atoms with van der Waals surface area (Å²) in [5.74, 6) is 6.29. The first-order valence-corrected chi connectivity index (χ1v) is 6.62. The Morgan fingerprint density at radius 1 is 1.38 bits per heavy atom. The van der Waals surface area contributed by atoms with E-state index in [2.05, 4.69) is 20.7 Å². The molecular formula is C8H15N5O2S. The number of nitrogens with two attached hydrogens (primary N) is 1. The third-order valence-electron chi connectivity index (χ3n) is 1.94. The molecule has 4 N–H and O–H groups in total. The number of rotatable bonds is 6. The lowest BCUT2D eigenvalue weighted by molar-refractivity contribution is 0.597. The summed E-state index contributed by atoms with van der Waals surface area (Å²) in [4.78, 5) is 7.91. The van der Waals surface area contributed by atoms with Crippen LogP contribution in [0.4, 0.5) is 11.6 Å². The third kappa shape index (κ3) is 3.99. The van der Waals surface area contributed by atoms with Gasteiger partial charge in [0.1, 0.15) is 5.82 Å². The van der Waals surface area contributed by atoms with E-state index in [4.69, 9.17) is 5.84 Å². The summed E-state index contributed by atoms with van der Waals surface area (Å²) in [5.41, 5.74) is 2.35. The van der Waals surface area contributed by atoms with Crippen LogP contribution in [0.2, 0.25) is 0 Å². The first-order valence-electron chi connectivity index (χ1n) is 4.80. The van der Waals surface area contributed by atoms with Gasteiger partial charge in [-0.25, -0.2) is 19.2 Å². The molecule has 0 aliphatic carbocycles. The minimum atomic E-state index is -2.96. The zero-order valence-electron chi connectivity index (χ0n) is 8.97. The number of hydrazine groups is 1. The average molecular weight is 245 g/mol. The van der Waals surface area contributed by atoms with E-state index in [0.29, 0.717) is 18.2 Å². The van der Waals surface area contributed by atoms with Gasteiger partial charge in [0.15, 0.2) is 15.7 Å². The first kappa shape index (κ1) is 12.7. The van der Waals surface area contributed by atoms with Crippen molar-refractivity contribution in [2.24, 2.45) is 5.84 Å². The maximum absolute atomic E-state index is 11.2. The Morgan fingerprint density at radius 2 is 2.06 bits per heavy atom. The van der Waals surface area contributed by atoms with Crippen molar-refractivity contribution < 1.29 is 8.42 Å². The molecule has 1 heterocycles. The number of nitrogens with one attached hydrogen (secondary N) is 2. The second-order valence-electron chi connectivity index (χ2n) is 3.10. The van der Waals surface area contributed by atoms with Gasteiger partial charge in [0.25, 0.3) is 0 Å². The van der Waals surface area contributed by atoms with Gasteiger partial charge in [0.2, 0.25) is 0 Å². The molecule has 0 unspecified atom stereocenters. The molecule has 0 atom stereocenters. The van der Waals surface area contributed by atoms with Crippen LogP contribution in [0.15, 0.2) is 12.4 Å². The van der Waals surface area contributed by atoms with Gasteiger partial charge in [0.05, 0.1) is 18.1 Å². The molecule has 0 radical (unpaired) electrons. The fourth-order valence-electron chi connectivity index (χ4n) is 1.000. The van der Waals surface area contributed by atoms with Gasteiger partial charge in [-0.3, -0.25) is 4.98 Å². The molecule has 0 amide bonds. The van der Waals surface area contributed by atoms with Gasteiger partial charge in [-0.15, -0.1) is 0 Å². The van der Waals surface area contributed by atoms with Crippen LogP contribution in [0.25, 0.3) is 0 Å². The van der Waals surface area contributed by atoms with E-state index in [1.807, 2.05) is 0 Å². The highest BCUT2D eigenvalue weighted by atomic mass is 32.2. The highest BCUT2D eigenvalue weighted by molar-refractivity contribution is 7.91. The molecule has 8 heteroatoms. The Labute approximate surface area is 94.4 Å². The van der Waals surface area contributed by atoms with E-state index in [9.17, 15) is 8.42 Å². The minimum absolute atomic E-state index is 0.0749. The fourth-order valence-corrected chi connectivity index (χ4v) is 1.70. The molecular weight excluding hydrogens is 230 g/mol. The summed E-state index contributed by atoms with van der Waals surface area (Å²) in [6.45, 7) is 1.92. The van der Waals surface area contributed by atoms with Crippen molar-refractivity contribution in [3.63, 3.8) is 0 Å². The summed E-state index contributed by atoms with van der Waals surface area (Å²) < 4.78 is 22.4. The summed E-state index contributed by atoms with van der Waals surface area (Å²) in [5, 5.41) is 2.86. The number of hydrogen-bond acceptors (Lipinski definition) is 7. The maximum Gasteiger partial charge on any atom is 0.160 e. The Bertz CT molecular complexity index is 434. The Morgan fingerprint density at radius 3 is 2.69 bits per heavy atom. The first-order chi connectivity index (χ1) is 7.57. The van der Waals surface area contributed by atoms with E-state index in [1.165, 1.54) is 12.4 Å². The highest BCUT2D eigenvalue weighted by Crippen LogP contribution is 2.04. The third-order valence-corrected chi connectivity index (χ3v) is 3.65. The number of sulfone groups is 1. The smallest absolute Gasteiger partial charge is 0.160 e. The van der Waals surface area contributed by atoms with E-state index in [-0.39, 0.29) is 11.5 Å². The summed E-state index contributed by atoms with van der Waals surface area (Å²) in [6.07, 6.45) is 2.97. The van der Waals surface area contributed by atoms with Crippen LogP contribution in [0.5, 0.6) is 0 Å². The Hall–Kier alpha value is -1.41. The van der Waals surface area contributed by atoms with E-state index < -0.39 is 9.84 Å². The second kappa shape index (κ2) is 5.61. The zero-order chi connectivity index (χ0) is 12.0. The van der Waals surface area contributed by atoms with E-state index in [0.717, 1.165) is 0 Å². The quantitative estimate of drug-likeness (QED) is 0.462. The van der Waals surface area contributed by atoms with Gasteiger partial charge < -0.3 is 10.7 Å². The van der Waals surface area contributed by atoms with Crippen molar-refractivity contribution in [3.8, 4) is 0 Å². The standard InChI is InChI=1S/C8H15N5O2S/c1-2-16(14,15)4-3-11-7-5-10-6-8(12-7)13-9/h5-6H,2-4,9H2,1H3,(H2,11,12,13). The monoisotopic (exact) mass is 245 g/mol. The van der Waals surface area contributed by atoms with E-state index >= 15 is 0 Å². The van der Waals surface area contributed by atoms with E-state index in [1.54, 1.807) is 6.92 Å². The molecule has 0 aliphatic heterocycles. The van der Waals surface area contributed by atoms with Gasteiger partial charge >= 0.3 is 0 Å². The normalized spacial score (nSPS) is 11.1. The number of anilines is 2. The zero-order valence-corrected chi connectivity index (χ0v) is 9.79. The fraction of sp³-hybridized carbons (Fsp3) is 0.500. The lowest BCUT2D eigenvalue weighted by Gasteiger charge is -2.06. The predicted octanol–water partition coefficient (Wildman–Crippen LogP) is -0.391. The molecule has 1 aromatic rings. The Kier molecular flexibility index (Phi) is 4.44. The highest BCUT2D eigenvalue weighted by Gasteiger charge is 2.06. The summed E-state index contributed by atoms with van der Waals surface area (Å²) >= 11 is 0. The van der Waals surface area contributed by atoms with Crippen molar-refractivity contribution >= 4 is 21.5 Å². The van der Waals surface area contributed by atoms with Crippen molar-refractivity contribution in [1.29, 1.82) is 0 Å². The van der Waals surface area contributed by atoms with Crippen molar-refractivity contribution in [1.82, 2.24) is 9.97 Å². The van der Waals surface area contributed by atoms with Crippen LogP contribution in [-0.4, -0.2) is 36.4 Å². The largest absolute Gasteiger partial charge is 0.368 e. The summed E-state index contributed by atoms with van der Waals surface area (Å²) in [7, 11) is -2.96. The van der Waals surface area contributed by atoms with Gasteiger partial charge in [-0.05, 0) is 0 Å². The van der Waals surface area contributed by atoms with Crippen LogP contribution >= 0.6 is 0 Å². The average Bonchev–Trinajstić information content (AvgIpc) is 2.29. The molecule has 90 valence electrons. The van der Waals surface area contributed by atoms with Crippen LogP contribution < -0.4 is 16.6 Å². The molecule has 0 saturated carbocycles. The van der Waals surface area contributed by atoms with Gasteiger partial charge in [0, 0.05) is 12.3 Å². The minimum Gasteiger partial charge on any atom is -0.368 e. The molecule has 0 aliphatic rings. The van der Waals surface area contributed by atoms with Crippen LogP contribution in [-0.2, 0) is 9.84 Å². The Balaban J connectivity index is 2.49. The lowest BCUT2D eigenvalue weighted by Crippen LogP contribution is -2.18. The van der Waals surface area contributed by atoms with Gasteiger partial charge in [-0.2, -0.15) is 0 Å². The van der Waals surface area contributed by atoms with Crippen molar-refractivity contribution in [2.45, 2.75) is 6.92 Å². The van der Waals surface area contributed by atoms with Gasteiger partial charge in [-0.1, -0.05) is 6.92 Å². The van der Waals surface area contributed by atoms with Crippen LogP contribution in [0, 0.1) is 0 Å². The topological polar surface area (TPSA) is 110 Å². The molecule has 1 aromatic heterocycles. The molecule has 7 nitrogen and oxygen atoms in total. The maximum atomic E-state index is 11.2. The molecule has 1 rings (SSSR count). The number of nitrogen functional groups attached to an aromatic ring is 1.